The summed E-state index contributed by atoms with van der Waals surface area (Å²) in [6.07, 6.45) is 1.16. The number of amides is 2. The van der Waals surface area contributed by atoms with Gasteiger partial charge in [-0.15, -0.1) is 0 Å². The molecule has 0 radical (unpaired) electrons. The number of hydrogen-bond acceptors (Lipinski definition) is 9. The maximum Gasteiger partial charge on any atom is 0.434 e. The van der Waals surface area contributed by atoms with Gasteiger partial charge in [-0.1, -0.05) is 13.0 Å². The summed E-state index contributed by atoms with van der Waals surface area (Å²) in [6, 6.07) is 4.76. The van der Waals surface area contributed by atoms with E-state index in [0.29, 0.717) is 24.2 Å². The van der Waals surface area contributed by atoms with E-state index in [1.807, 2.05) is 24.8 Å². The summed E-state index contributed by atoms with van der Waals surface area (Å²) in [5, 5.41) is 6.13. The molecule has 5 heterocycles. The van der Waals surface area contributed by atoms with Crippen molar-refractivity contribution in [1.82, 2.24) is 35.3 Å². The molecular weight excluding hydrogens is 622 g/mol. The number of pyridine rings is 2. The van der Waals surface area contributed by atoms with Gasteiger partial charge >= 0.3 is 6.18 Å². The van der Waals surface area contributed by atoms with E-state index in [2.05, 4.69) is 20.6 Å². The summed E-state index contributed by atoms with van der Waals surface area (Å²) >= 11 is 0. The number of rotatable bonds is 9. The number of dihydropyridines is 1. The molecule has 2 aromatic rings. The van der Waals surface area contributed by atoms with Gasteiger partial charge in [-0.05, 0) is 44.7 Å². The Labute approximate surface area is 270 Å². The average molecular weight is 662 g/mol. The summed E-state index contributed by atoms with van der Waals surface area (Å²) in [5.41, 5.74) is -1.86. The molecule has 4 atom stereocenters. The molecule has 1 unspecified atom stereocenters. The van der Waals surface area contributed by atoms with Crippen molar-refractivity contribution in [2.24, 2.45) is 0 Å². The average Bonchev–Trinajstić information content (AvgIpc) is 3.39. The molecule has 0 bridgehead atoms. The van der Waals surface area contributed by atoms with Crippen molar-refractivity contribution in [1.29, 1.82) is 0 Å². The highest BCUT2D eigenvalue weighted by Crippen LogP contribution is 2.35. The minimum Gasteiger partial charge on any atom is -0.481 e. The van der Waals surface area contributed by atoms with E-state index in [-0.39, 0.29) is 50.4 Å². The van der Waals surface area contributed by atoms with Crippen LogP contribution in [0, 0.1) is 0 Å². The van der Waals surface area contributed by atoms with Crippen LogP contribution in [0.25, 0.3) is 0 Å². The molecule has 47 heavy (non-hydrogen) atoms. The summed E-state index contributed by atoms with van der Waals surface area (Å²) in [4.78, 5) is 40.3. The smallest absolute Gasteiger partial charge is 0.434 e. The highest BCUT2D eigenvalue weighted by atomic mass is 19.4. The molecule has 254 valence electrons. The maximum absolute atomic E-state index is 14.8. The minimum atomic E-state index is -4.87. The number of nitrogens with zero attached hydrogens (tertiary/aromatic N) is 5. The van der Waals surface area contributed by atoms with E-state index >= 15 is 0 Å². The number of methoxy groups -OCH3 is 1. The van der Waals surface area contributed by atoms with Gasteiger partial charge in [-0.3, -0.25) is 14.6 Å². The molecular formula is C32H39F4N7O4. The van der Waals surface area contributed by atoms with E-state index in [4.69, 9.17) is 9.47 Å². The zero-order valence-electron chi connectivity index (χ0n) is 26.7. The van der Waals surface area contributed by atoms with Crippen LogP contribution >= 0.6 is 0 Å². The first-order valence-electron chi connectivity index (χ1n) is 15.5. The Bertz CT molecular complexity index is 1520. The van der Waals surface area contributed by atoms with Gasteiger partial charge in [0.15, 0.2) is 11.4 Å². The quantitative estimate of drug-likeness (QED) is 0.392. The maximum atomic E-state index is 14.8. The summed E-state index contributed by atoms with van der Waals surface area (Å²) in [7, 11) is 2.98. The lowest BCUT2D eigenvalue weighted by molar-refractivity contribution is -0.141. The molecule has 0 aliphatic carbocycles. The SMILES string of the molecule is CCOC1(c2cccnc2)C=CC(N2CCN(C(=O)c3ccc(OC)nc3C(F)(F)F)C[C@H]2CC)=C(C(=O)N[C@H]2CN(C)C[C@H]2F)N1. The van der Waals surface area contributed by atoms with Gasteiger partial charge in [0.25, 0.3) is 11.8 Å². The van der Waals surface area contributed by atoms with E-state index in [0.717, 1.165) is 6.07 Å². The first-order valence-corrected chi connectivity index (χ1v) is 15.5. The Balaban J connectivity index is 1.47. The highest BCUT2D eigenvalue weighted by Gasteiger charge is 2.43. The van der Waals surface area contributed by atoms with Crippen LogP contribution in [-0.4, -0.2) is 108 Å². The monoisotopic (exact) mass is 661 g/mol. The fraction of sp³-hybridized carbons (Fsp3) is 0.500. The number of carbonyl (C=O) groups is 2. The zero-order chi connectivity index (χ0) is 33.9. The molecule has 2 aromatic heterocycles. The zero-order valence-corrected chi connectivity index (χ0v) is 26.7. The molecule has 0 saturated carbocycles. The van der Waals surface area contributed by atoms with Gasteiger partial charge in [0.05, 0.1) is 24.4 Å². The van der Waals surface area contributed by atoms with Crippen molar-refractivity contribution in [3.8, 4) is 5.88 Å². The molecule has 2 N–H and O–H groups in total. The lowest BCUT2D eigenvalue weighted by Gasteiger charge is -2.46. The molecule has 2 saturated heterocycles. The Morgan fingerprint density at radius 1 is 1.15 bits per heavy atom. The number of allylic oxidation sites excluding steroid dienone is 1. The van der Waals surface area contributed by atoms with Crippen LogP contribution in [0.3, 0.4) is 0 Å². The number of halogens is 4. The fourth-order valence-corrected chi connectivity index (χ4v) is 6.28. The van der Waals surface area contributed by atoms with Crippen molar-refractivity contribution in [3.63, 3.8) is 0 Å². The van der Waals surface area contributed by atoms with E-state index in [1.54, 1.807) is 42.6 Å². The first kappa shape index (κ1) is 34.1. The largest absolute Gasteiger partial charge is 0.481 e. The molecule has 2 fully saturated rings. The van der Waals surface area contributed by atoms with Crippen LogP contribution in [-0.2, 0) is 21.4 Å². The normalized spacial score (nSPS) is 25.1. The predicted molar refractivity (Wildman–Crippen MR) is 164 cm³/mol. The Morgan fingerprint density at radius 2 is 1.94 bits per heavy atom. The number of hydrogen-bond donors (Lipinski definition) is 2. The molecule has 11 nitrogen and oxygen atoms in total. The Hall–Kier alpha value is -4.24. The molecule has 15 heteroatoms. The summed E-state index contributed by atoms with van der Waals surface area (Å²) in [5.74, 6) is -1.59. The minimum absolute atomic E-state index is 0.0735. The van der Waals surface area contributed by atoms with Gasteiger partial charge in [-0.25, -0.2) is 9.37 Å². The molecule has 5 rings (SSSR count). The Morgan fingerprint density at radius 3 is 2.55 bits per heavy atom. The molecule has 0 spiro atoms. The molecule has 3 aliphatic rings. The topological polar surface area (TPSA) is 112 Å². The van der Waals surface area contributed by atoms with Crippen LogP contribution in [0.5, 0.6) is 5.88 Å². The molecule has 0 aromatic carbocycles. The number of likely N-dealkylation sites (tertiary alicyclic amines) is 1. The van der Waals surface area contributed by atoms with Crippen LogP contribution < -0.4 is 15.4 Å². The number of piperazine rings is 1. The number of likely N-dealkylation sites (N-methyl/N-ethyl adjacent to an activating group) is 1. The third kappa shape index (κ3) is 7.05. The number of alkyl halides is 4. The third-order valence-electron chi connectivity index (χ3n) is 8.61. The first-order chi connectivity index (χ1) is 22.4. The Kier molecular flexibility index (Phi) is 10.1. The van der Waals surface area contributed by atoms with E-state index < -0.39 is 47.2 Å². The number of carbonyl (C=O) groups excluding carboxylic acids is 2. The summed E-state index contributed by atoms with van der Waals surface area (Å²) in [6.45, 7) is 4.90. The lowest BCUT2D eigenvalue weighted by atomic mass is 9.97. The highest BCUT2D eigenvalue weighted by molar-refractivity contribution is 5.96. The number of nitrogens with one attached hydrogen (secondary N) is 2. The van der Waals surface area contributed by atoms with Crippen molar-refractivity contribution in [2.75, 3.05) is 53.5 Å². The second-order valence-corrected chi connectivity index (χ2v) is 11.7. The third-order valence-corrected chi connectivity index (χ3v) is 8.61. The van der Waals surface area contributed by atoms with Crippen molar-refractivity contribution in [3.05, 3.63) is 77.0 Å². The van der Waals surface area contributed by atoms with E-state index in [1.165, 1.54) is 18.1 Å². The van der Waals surface area contributed by atoms with E-state index in [9.17, 15) is 27.2 Å². The number of ether oxygens (including phenoxy) is 2. The molecule has 3 aliphatic heterocycles. The van der Waals surface area contributed by atoms with Crippen LogP contribution in [0.2, 0.25) is 0 Å². The van der Waals surface area contributed by atoms with Gasteiger partial charge in [-0.2, -0.15) is 13.2 Å². The lowest BCUT2D eigenvalue weighted by Crippen LogP contribution is -2.57. The summed E-state index contributed by atoms with van der Waals surface area (Å²) < 4.78 is 67.5. The van der Waals surface area contributed by atoms with Gasteiger partial charge in [0.2, 0.25) is 5.88 Å². The van der Waals surface area contributed by atoms with Gasteiger partial charge < -0.3 is 34.8 Å². The standard InChI is InChI=1S/C32H39F4N7O4/c1-5-21-17-42(30(45)22-9-10-26(46-4)39-28(22)32(34,35)36)14-15-43(21)25-11-12-31(47-6-2,20-8-7-13-37-16-20)40-27(25)29(44)38-24-19-41(3)18-23(24)33/h7-13,16,21,23-24,40H,5-6,14-15,17-19H2,1-4H3,(H,38,44)/t21-,23-,24+,31?/m1/s1. The second-order valence-electron chi connectivity index (χ2n) is 11.7. The van der Waals surface area contributed by atoms with Crippen LogP contribution in [0.1, 0.15) is 41.9 Å². The predicted octanol–water partition coefficient (Wildman–Crippen LogP) is 3.07. The second kappa shape index (κ2) is 13.9. The number of aromatic nitrogens is 2. The molecule has 2 amide bonds. The van der Waals surface area contributed by atoms with Gasteiger partial charge in [0.1, 0.15) is 11.9 Å². The van der Waals surface area contributed by atoms with Gasteiger partial charge in [0, 0.05) is 69.4 Å². The van der Waals surface area contributed by atoms with Crippen molar-refractivity contribution >= 4 is 11.8 Å². The van der Waals surface area contributed by atoms with Crippen LogP contribution in [0.15, 0.2) is 60.2 Å². The van der Waals surface area contributed by atoms with Crippen LogP contribution in [0.4, 0.5) is 17.6 Å². The fourth-order valence-electron chi connectivity index (χ4n) is 6.28. The van der Waals surface area contributed by atoms with Crippen molar-refractivity contribution < 1.29 is 36.6 Å². The van der Waals surface area contributed by atoms with Crippen molar-refractivity contribution in [2.45, 2.75) is 50.4 Å².